The largest absolute Gasteiger partial charge is 0.544 e. The first-order chi connectivity index (χ1) is 6.83. The lowest BCUT2D eigenvalue weighted by Crippen LogP contribution is -2.37. The summed E-state index contributed by atoms with van der Waals surface area (Å²) in [6.45, 7) is 8.76. The van der Waals surface area contributed by atoms with E-state index in [1.165, 1.54) is 0 Å². The van der Waals surface area contributed by atoms with Gasteiger partial charge in [-0.05, 0) is 36.8 Å². The van der Waals surface area contributed by atoms with E-state index < -0.39 is 8.32 Å². The molecule has 0 radical (unpaired) electrons. The van der Waals surface area contributed by atoms with E-state index in [0.717, 1.165) is 5.75 Å². The van der Waals surface area contributed by atoms with E-state index in [1.54, 1.807) is 12.1 Å². The van der Waals surface area contributed by atoms with Gasteiger partial charge in [0.05, 0.1) is 10.0 Å². The normalized spacial score (nSPS) is 11.9. The molecule has 15 heavy (non-hydrogen) atoms. The fourth-order valence-electron chi connectivity index (χ4n) is 0.962. The maximum Gasteiger partial charge on any atom is 0.247 e. The maximum atomic E-state index is 5.99. The molecule has 4 heteroatoms. The summed E-state index contributed by atoms with van der Waals surface area (Å²) in [4.78, 5) is 0. The lowest BCUT2D eigenvalue weighted by molar-refractivity contribution is 0.533. The average Bonchev–Trinajstić information content (AvgIpc) is 2.10. The Kier molecular flexibility index (Phi) is 4.10. The minimum atomic E-state index is -1.66. The highest BCUT2D eigenvalue weighted by Gasteiger charge is 2.28. The predicted molar refractivity (Wildman–Crippen MR) is 69.7 cm³/mol. The lowest BCUT2D eigenvalue weighted by Gasteiger charge is -2.28. The Morgan fingerprint density at radius 1 is 1.13 bits per heavy atom. The highest BCUT2D eigenvalue weighted by molar-refractivity contribution is 6.73. The van der Waals surface area contributed by atoms with Crippen LogP contribution in [0.15, 0.2) is 18.2 Å². The molecule has 0 aliphatic rings. The van der Waals surface area contributed by atoms with Crippen LogP contribution in [0.5, 0.6) is 5.75 Å². The van der Waals surface area contributed by atoms with Crippen LogP contribution in [0.1, 0.15) is 13.8 Å². The average molecular weight is 263 g/mol. The fraction of sp³-hybridized carbons (Fsp3) is 0.455. The van der Waals surface area contributed by atoms with Gasteiger partial charge in [-0.3, -0.25) is 0 Å². The molecule has 0 amide bonds. The standard InChI is InChI=1S/C11H16Cl2OSi/c1-8(2)15(3,4)14-9-5-6-10(12)11(13)7-9/h5-8H,1-4H3. The first kappa shape index (κ1) is 12.9. The maximum absolute atomic E-state index is 5.99. The van der Waals surface area contributed by atoms with Crippen molar-refractivity contribution in [3.63, 3.8) is 0 Å². The van der Waals surface area contributed by atoms with Crippen LogP contribution in [0.4, 0.5) is 0 Å². The van der Waals surface area contributed by atoms with Crippen LogP contribution >= 0.6 is 23.2 Å². The van der Waals surface area contributed by atoms with Crippen LogP contribution in [0.25, 0.3) is 0 Å². The van der Waals surface area contributed by atoms with Gasteiger partial charge in [-0.25, -0.2) is 0 Å². The van der Waals surface area contributed by atoms with Gasteiger partial charge in [0.25, 0.3) is 0 Å². The van der Waals surface area contributed by atoms with Crippen molar-refractivity contribution in [1.82, 2.24) is 0 Å². The molecule has 1 rings (SSSR count). The van der Waals surface area contributed by atoms with E-state index in [1.807, 2.05) is 6.07 Å². The molecule has 0 N–H and O–H groups in total. The Labute approximate surface area is 102 Å². The van der Waals surface area contributed by atoms with Gasteiger partial charge in [-0.2, -0.15) is 0 Å². The molecule has 0 aliphatic carbocycles. The second kappa shape index (κ2) is 4.77. The van der Waals surface area contributed by atoms with Gasteiger partial charge in [-0.15, -0.1) is 0 Å². The summed E-state index contributed by atoms with van der Waals surface area (Å²) in [5, 5.41) is 1.11. The number of hydrogen-bond donors (Lipinski definition) is 0. The molecular weight excluding hydrogens is 247 g/mol. The second-order valence-corrected chi connectivity index (χ2v) is 9.82. The molecule has 0 spiro atoms. The summed E-state index contributed by atoms with van der Waals surface area (Å²) in [6.07, 6.45) is 0. The molecule has 0 aliphatic heterocycles. The lowest BCUT2D eigenvalue weighted by atomic mass is 10.3. The van der Waals surface area contributed by atoms with Crippen LogP contribution < -0.4 is 4.43 Å². The number of halogens is 2. The number of benzene rings is 1. The molecule has 1 aromatic rings. The molecule has 0 atom stereocenters. The third-order valence-corrected chi connectivity index (χ3v) is 6.94. The van der Waals surface area contributed by atoms with E-state index in [0.29, 0.717) is 15.6 Å². The Morgan fingerprint density at radius 2 is 1.73 bits per heavy atom. The quantitative estimate of drug-likeness (QED) is 0.698. The molecule has 0 aromatic heterocycles. The van der Waals surface area contributed by atoms with Crippen molar-refractivity contribution >= 4 is 31.5 Å². The van der Waals surface area contributed by atoms with E-state index in [9.17, 15) is 0 Å². The zero-order chi connectivity index (χ0) is 11.6. The van der Waals surface area contributed by atoms with Crippen molar-refractivity contribution in [3.05, 3.63) is 28.2 Å². The molecule has 1 nitrogen and oxygen atoms in total. The minimum absolute atomic E-state index is 0.544. The zero-order valence-electron chi connectivity index (χ0n) is 9.47. The highest BCUT2D eigenvalue weighted by atomic mass is 35.5. The van der Waals surface area contributed by atoms with Crippen LogP contribution in [-0.4, -0.2) is 8.32 Å². The van der Waals surface area contributed by atoms with Crippen molar-refractivity contribution in [3.8, 4) is 5.75 Å². The third kappa shape index (κ3) is 3.40. The Bertz CT molecular complexity index is 350. The van der Waals surface area contributed by atoms with Gasteiger partial charge < -0.3 is 4.43 Å². The predicted octanol–water partition coefficient (Wildman–Crippen LogP) is 4.99. The molecule has 1 aromatic carbocycles. The number of rotatable bonds is 3. The van der Waals surface area contributed by atoms with Gasteiger partial charge in [0, 0.05) is 0 Å². The molecule has 0 saturated carbocycles. The van der Waals surface area contributed by atoms with Crippen molar-refractivity contribution in [2.75, 3.05) is 0 Å². The summed E-state index contributed by atoms with van der Waals surface area (Å²) in [5.74, 6) is 0.815. The summed E-state index contributed by atoms with van der Waals surface area (Å²) < 4.78 is 5.99. The smallest absolute Gasteiger partial charge is 0.247 e. The summed E-state index contributed by atoms with van der Waals surface area (Å²) in [7, 11) is -1.66. The van der Waals surface area contributed by atoms with Gasteiger partial charge in [0.1, 0.15) is 5.75 Å². The van der Waals surface area contributed by atoms with Crippen LogP contribution in [0.2, 0.25) is 28.7 Å². The third-order valence-electron chi connectivity index (χ3n) is 2.66. The second-order valence-electron chi connectivity index (χ2n) is 4.44. The summed E-state index contributed by atoms with van der Waals surface area (Å²) >= 11 is 11.8. The van der Waals surface area contributed by atoms with Crippen molar-refractivity contribution in [2.24, 2.45) is 0 Å². The van der Waals surface area contributed by atoms with E-state index in [2.05, 4.69) is 26.9 Å². The topological polar surface area (TPSA) is 9.23 Å². The molecule has 0 unspecified atom stereocenters. The zero-order valence-corrected chi connectivity index (χ0v) is 12.0. The van der Waals surface area contributed by atoms with Crippen molar-refractivity contribution in [1.29, 1.82) is 0 Å². The summed E-state index contributed by atoms with van der Waals surface area (Å²) in [5.41, 5.74) is 0.562. The fourth-order valence-corrected chi connectivity index (χ4v) is 2.22. The highest BCUT2D eigenvalue weighted by Crippen LogP contribution is 2.30. The van der Waals surface area contributed by atoms with Crippen LogP contribution in [0.3, 0.4) is 0 Å². The molecule has 0 bridgehead atoms. The Hall–Kier alpha value is -0.183. The number of hydrogen-bond acceptors (Lipinski definition) is 1. The first-order valence-electron chi connectivity index (χ1n) is 4.97. The van der Waals surface area contributed by atoms with Crippen molar-refractivity contribution < 1.29 is 4.43 Å². The SMILES string of the molecule is CC(C)[Si](C)(C)Oc1ccc(Cl)c(Cl)c1. The van der Waals surface area contributed by atoms with E-state index >= 15 is 0 Å². The van der Waals surface area contributed by atoms with E-state index in [4.69, 9.17) is 27.6 Å². The first-order valence-corrected chi connectivity index (χ1v) is 8.71. The monoisotopic (exact) mass is 262 g/mol. The summed E-state index contributed by atoms with van der Waals surface area (Å²) in [6, 6.07) is 5.41. The minimum Gasteiger partial charge on any atom is -0.544 e. The molecular formula is C11H16Cl2OSi. The molecule has 0 fully saturated rings. The Morgan fingerprint density at radius 3 is 2.20 bits per heavy atom. The van der Waals surface area contributed by atoms with Crippen LogP contribution in [0, 0.1) is 0 Å². The van der Waals surface area contributed by atoms with Crippen molar-refractivity contribution in [2.45, 2.75) is 32.5 Å². The molecule has 0 saturated heterocycles. The molecule has 0 heterocycles. The van der Waals surface area contributed by atoms with Gasteiger partial charge in [0.2, 0.25) is 8.32 Å². The van der Waals surface area contributed by atoms with Gasteiger partial charge in [-0.1, -0.05) is 37.0 Å². The molecule has 84 valence electrons. The van der Waals surface area contributed by atoms with Crippen LogP contribution in [-0.2, 0) is 0 Å². The van der Waals surface area contributed by atoms with Gasteiger partial charge >= 0.3 is 0 Å². The van der Waals surface area contributed by atoms with E-state index in [-0.39, 0.29) is 0 Å². The van der Waals surface area contributed by atoms with Gasteiger partial charge in [0.15, 0.2) is 0 Å². The Balaban J connectivity index is 2.86.